The summed E-state index contributed by atoms with van der Waals surface area (Å²) in [5.41, 5.74) is 1.33. The predicted octanol–water partition coefficient (Wildman–Crippen LogP) is 5.30. The molecular weight excluding hydrogens is 340 g/mol. The number of methoxy groups -OCH3 is 1. The Balaban J connectivity index is 1.82. The van der Waals surface area contributed by atoms with Crippen molar-refractivity contribution in [3.8, 4) is 5.75 Å². The Hall–Kier alpha value is -1.52. The molecule has 0 radical (unpaired) electrons. The quantitative estimate of drug-likeness (QED) is 0.528. The summed E-state index contributed by atoms with van der Waals surface area (Å²) in [5, 5.41) is 0.551. The Kier molecular flexibility index (Phi) is 7.98. The second-order valence-electron chi connectivity index (χ2n) is 7.42. The highest BCUT2D eigenvalue weighted by Gasteiger charge is 2.24. The summed E-state index contributed by atoms with van der Waals surface area (Å²) in [5.74, 6) is 0.969. The molecule has 0 saturated carbocycles. The van der Waals surface area contributed by atoms with Crippen LogP contribution in [0.2, 0.25) is 0 Å². The van der Waals surface area contributed by atoms with Crippen molar-refractivity contribution in [1.29, 1.82) is 0 Å². The van der Waals surface area contributed by atoms with Crippen LogP contribution in [0.3, 0.4) is 0 Å². The van der Waals surface area contributed by atoms with Crippen molar-refractivity contribution in [2.75, 3.05) is 20.7 Å². The molecule has 0 spiro atoms. The van der Waals surface area contributed by atoms with Gasteiger partial charge in [-0.05, 0) is 58.0 Å². The van der Waals surface area contributed by atoms with Gasteiger partial charge in [0.15, 0.2) is 0 Å². The summed E-state index contributed by atoms with van der Waals surface area (Å²) in [4.78, 5) is 8.11. The van der Waals surface area contributed by atoms with Gasteiger partial charge in [-0.15, -0.1) is 11.8 Å². The first-order valence-corrected chi connectivity index (χ1v) is 10.2. The number of ether oxygens (including phenoxy) is 1. The lowest BCUT2D eigenvalue weighted by Crippen LogP contribution is -2.42. The molecule has 3 nitrogen and oxygen atoms in total. The summed E-state index contributed by atoms with van der Waals surface area (Å²) < 4.78 is 5.47. The van der Waals surface area contributed by atoms with Crippen LogP contribution in [-0.2, 0) is 6.42 Å². The lowest BCUT2D eigenvalue weighted by atomic mass is 9.95. The molecule has 0 aliphatic carbocycles. The first-order chi connectivity index (χ1) is 12.4. The molecule has 26 heavy (non-hydrogen) atoms. The monoisotopic (exact) mass is 372 g/mol. The van der Waals surface area contributed by atoms with Gasteiger partial charge in [-0.2, -0.15) is 0 Å². The standard InChI is InChI=1S/C22H32N2OS/c1-18(26-21-12-7-6-11-20(21)25-5)13-15-22(2,3)24(4)17-14-19-10-8-9-16-23-19/h6-12,16,18H,13-15,17H2,1-5H3. The third-order valence-electron chi connectivity index (χ3n) is 5.02. The Morgan fingerprint density at radius 3 is 2.58 bits per heavy atom. The van der Waals surface area contributed by atoms with E-state index in [0.29, 0.717) is 5.25 Å². The first kappa shape index (κ1) is 20.8. The molecule has 1 unspecified atom stereocenters. The largest absolute Gasteiger partial charge is 0.496 e. The maximum Gasteiger partial charge on any atom is 0.132 e. The summed E-state index contributed by atoms with van der Waals surface area (Å²) in [6, 6.07) is 14.4. The van der Waals surface area contributed by atoms with Crippen molar-refractivity contribution in [2.45, 2.75) is 55.7 Å². The highest BCUT2D eigenvalue weighted by atomic mass is 32.2. The fourth-order valence-corrected chi connectivity index (χ4v) is 3.96. The van der Waals surface area contributed by atoms with Crippen LogP contribution >= 0.6 is 11.8 Å². The number of nitrogens with zero attached hydrogens (tertiary/aromatic N) is 2. The number of hydrogen-bond donors (Lipinski definition) is 0. The summed E-state index contributed by atoms with van der Waals surface area (Å²) in [6.45, 7) is 8.01. The van der Waals surface area contributed by atoms with E-state index < -0.39 is 0 Å². The van der Waals surface area contributed by atoms with Gasteiger partial charge in [-0.25, -0.2) is 0 Å². The average Bonchev–Trinajstić information content (AvgIpc) is 2.65. The van der Waals surface area contributed by atoms with E-state index in [0.717, 1.165) is 30.8 Å². The number of likely N-dealkylation sites (N-methyl/N-ethyl adjacent to an activating group) is 1. The Morgan fingerprint density at radius 1 is 1.15 bits per heavy atom. The number of aromatic nitrogens is 1. The van der Waals surface area contributed by atoms with E-state index in [4.69, 9.17) is 4.74 Å². The predicted molar refractivity (Wildman–Crippen MR) is 112 cm³/mol. The van der Waals surface area contributed by atoms with Crippen LogP contribution in [-0.4, -0.2) is 41.4 Å². The van der Waals surface area contributed by atoms with Crippen molar-refractivity contribution in [3.05, 3.63) is 54.4 Å². The van der Waals surface area contributed by atoms with E-state index in [1.165, 1.54) is 11.3 Å². The van der Waals surface area contributed by atoms with Crippen molar-refractivity contribution < 1.29 is 4.74 Å². The molecule has 0 aliphatic rings. The van der Waals surface area contributed by atoms with Gasteiger partial charge in [0.2, 0.25) is 0 Å². The highest BCUT2D eigenvalue weighted by Crippen LogP contribution is 2.34. The minimum atomic E-state index is 0.171. The van der Waals surface area contributed by atoms with E-state index in [2.05, 4.69) is 62.0 Å². The molecule has 0 fully saturated rings. The molecule has 0 aliphatic heterocycles. The number of benzene rings is 1. The van der Waals surface area contributed by atoms with Crippen LogP contribution in [0.5, 0.6) is 5.75 Å². The number of hydrogen-bond acceptors (Lipinski definition) is 4. The number of thioether (sulfide) groups is 1. The highest BCUT2D eigenvalue weighted by molar-refractivity contribution is 8.00. The molecule has 0 saturated heterocycles. The normalized spacial score (nSPS) is 13.0. The van der Waals surface area contributed by atoms with Gasteiger partial charge in [0.25, 0.3) is 0 Å². The van der Waals surface area contributed by atoms with Gasteiger partial charge in [0.1, 0.15) is 5.75 Å². The van der Waals surface area contributed by atoms with E-state index in [-0.39, 0.29) is 5.54 Å². The maximum atomic E-state index is 5.47. The summed E-state index contributed by atoms with van der Waals surface area (Å²) >= 11 is 1.90. The van der Waals surface area contributed by atoms with Crippen LogP contribution in [0.25, 0.3) is 0 Å². The maximum absolute atomic E-state index is 5.47. The van der Waals surface area contributed by atoms with Gasteiger partial charge >= 0.3 is 0 Å². The van der Waals surface area contributed by atoms with Crippen LogP contribution < -0.4 is 4.74 Å². The summed E-state index contributed by atoms with van der Waals surface area (Å²) in [6.07, 6.45) is 5.20. The number of pyridine rings is 1. The molecule has 1 aromatic carbocycles. The van der Waals surface area contributed by atoms with E-state index in [1.54, 1.807) is 7.11 Å². The first-order valence-electron chi connectivity index (χ1n) is 9.33. The lowest BCUT2D eigenvalue weighted by Gasteiger charge is -2.36. The van der Waals surface area contributed by atoms with E-state index in [1.807, 2.05) is 36.2 Å². The second-order valence-corrected chi connectivity index (χ2v) is 8.90. The third kappa shape index (κ3) is 6.33. The SMILES string of the molecule is COc1ccccc1SC(C)CCC(C)(C)N(C)CCc1ccccn1. The van der Waals surface area contributed by atoms with E-state index >= 15 is 0 Å². The lowest BCUT2D eigenvalue weighted by molar-refractivity contribution is 0.144. The van der Waals surface area contributed by atoms with Crippen molar-refractivity contribution in [2.24, 2.45) is 0 Å². The Labute approximate surface area is 163 Å². The minimum absolute atomic E-state index is 0.171. The van der Waals surface area contributed by atoms with E-state index in [9.17, 15) is 0 Å². The zero-order chi connectivity index (χ0) is 19.0. The zero-order valence-corrected chi connectivity index (χ0v) is 17.6. The van der Waals surface area contributed by atoms with Crippen LogP contribution in [0.4, 0.5) is 0 Å². The van der Waals surface area contributed by atoms with Crippen LogP contribution in [0.1, 0.15) is 39.3 Å². The van der Waals surface area contributed by atoms with Gasteiger partial charge in [-0.3, -0.25) is 4.98 Å². The van der Waals surface area contributed by atoms with Gasteiger partial charge < -0.3 is 9.64 Å². The molecule has 2 rings (SSSR count). The molecule has 0 N–H and O–H groups in total. The Morgan fingerprint density at radius 2 is 1.88 bits per heavy atom. The van der Waals surface area contributed by atoms with Crippen LogP contribution in [0, 0.1) is 0 Å². The molecule has 0 amide bonds. The summed E-state index contributed by atoms with van der Waals surface area (Å²) in [7, 11) is 3.96. The molecule has 2 aromatic rings. The third-order valence-corrected chi connectivity index (χ3v) is 6.25. The van der Waals surface area contributed by atoms with Gasteiger partial charge in [0.05, 0.1) is 7.11 Å². The molecule has 1 aromatic heterocycles. The molecule has 1 heterocycles. The molecule has 0 bridgehead atoms. The van der Waals surface area contributed by atoms with Crippen molar-refractivity contribution >= 4 is 11.8 Å². The molecule has 4 heteroatoms. The number of rotatable bonds is 10. The zero-order valence-electron chi connectivity index (χ0n) is 16.7. The molecular formula is C22H32N2OS. The fourth-order valence-electron chi connectivity index (χ4n) is 2.87. The second kappa shape index (κ2) is 9.98. The fraction of sp³-hybridized carbons (Fsp3) is 0.500. The van der Waals surface area contributed by atoms with Crippen molar-refractivity contribution in [1.82, 2.24) is 9.88 Å². The van der Waals surface area contributed by atoms with Crippen LogP contribution in [0.15, 0.2) is 53.6 Å². The number of para-hydroxylation sites is 1. The molecule has 1 atom stereocenters. The van der Waals surface area contributed by atoms with Gasteiger partial charge in [-0.1, -0.05) is 25.1 Å². The Bertz CT molecular complexity index is 660. The smallest absolute Gasteiger partial charge is 0.132 e. The average molecular weight is 373 g/mol. The van der Waals surface area contributed by atoms with Crippen molar-refractivity contribution in [3.63, 3.8) is 0 Å². The topological polar surface area (TPSA) is 25.4 Å². The molecule has 142 valence electrons. The van der Waals surface area contributed by atoms with Gasteiger partial charge in [0, 0.05) is 40.5 Å². The minimum Gasteiger partial charge on any atom is -0.496 e.